The van der Waals surface area contributed by atoms with Crippen LogP contribution < -0.4 is 26.4 Å². The molecule has 2 heterocycles. The molecule has 1 saturated heterocycles. The molecule has 6 heteroatoms. The number of para-hydroxylation sites is 1. The standard InChI is InChI=1S/C24H27N5O/c1-17(27-16-25)23-18(2)29(20-7-6-14-26-15-20)28-24(23)19-10-12-22(13-11-19)30-21-8-4-3-5-9-21/h3-5,8-13,16,20,26H,2,6-7,14-15H2,1H3,(H2,25,27)/b23-17+/t20-/m1/s1. The average molecular weight is 402 g/mol. The number of nitrogens with one attached hydrogen (secondary N) is 1. The van der Waals surface area contributed by atoms with E-state index in [9.17, 15) is 0 Å². The summed E-state index contributed by atoms with van der Waals surface area (Å²) in [4.78, 5) is 4.31. The topological polar surface area (TPSA) is 77.5 Å². The van der Waals surface area contributed by atoms with Crippen molar-refractivity contribution < 1.29 is 4.74 Å². The molecular formula is C24H27N5O. The minimum atomic E-state index is 0.286. The predicted molar refractivity (Wildman–Crippen MR) is 122 cm³/mol. The molecule has 4 rings (SSSR count). The molecule has 1 aliphatic heterocycles. The van der Waals surface area contributed by atoms with E-state index in [1.54, 1.807) is 0 Å². The molecule has 0 radical (unpaired) electrons. The minimum Gasteiger partial charge on any atom is -0.457 e. The van der Waals surface area contributed by atoms with Crippen molar-refractivity contribution in [1.29, 1.82) is 0 Å². The lowest BCUT2D eigenvalue weighted by atomic mass is 10.1. The van der Waals surface area contributed by atoms with E-state index in [2.05, 4.69) is 16.9 Å². The maximum Gasteiger partial charge on any atom is 0.127 e. The second kappa shape index (κ2) is 8.97. The van der Waals surface area contributed by atoms with Crippen LogP contribution in [0.25, 0.3) is 23.5 Å². The molecule has 1 aliphatic rings. The van der Waals surface area contributed by atoms with E-state index in [-0.39, 0.29) is 6.04 Å². The van der Waals surface area contributed by atoms with Gasteiger partial charge < -0.3 is 15.8 Å². The first-order valence-electron chi connectivity index (χ1n) is 10.2. The number of rotatable bonds is 5. The molecule has 0 amide bonds. The summed E-state index contributed by atoms with van der Waals surface area (Å²) in [7, 11) is 0. The quantitative estimate of drug-likeness (QED) is 0.509. The minimum absolute atomic E-state index is 0.286. The fraction of sp³-hybridized carbons (Fsp3) is 0.250. The van der Waals surface area contributed by atoms with Crippen LogP contribution >= 0.6 is 0 Å². The SMILES string of the molecule is C=c1/c(=C(/C)N=CN)c(-c2ccc(Oc3ccccc3)cc2)nn1[C@@H]1CCCNC1. The summed E-state index contributed by atoms with van der Waals surface area (Å²) in [6.45, 7) is 8.22. The fourth-order valence-electron chi connectivity index (χ4n) is 3.88. The van der Waals surface area contributed by atoms with Gasteiger partial charge in [-0.1, -0.05) is 24.8 Å². The summed E-state index contributed by atoms with van der Waals surface area (Å²) in [5.74, 6) is 1.58. The zero-order valence-corrected chi connectivity index (χ0v) is 17.2. The largest absolute Gasteiger partial charge is 0.457 e. The van der Waals surface area contributed by atoms with E-state index in [4.69, 9.17) is 15.6 Å². The van der Waals surface area contributed by atoms with Crippen LogP contribution in [0, 0.1) is 0 Å². The summed E-state index contributed by atoms with van der Waals surface area (Å²) in [6, 6.07) is 18.0. The van der Waals surface area contributed by atoms with Crippen LogP contribution in [0.1, 0.15) is 25.8 Å². The van der Waals surface area contributed by atoms with Crippen LogP contribution in [0.3, 0.4) is 0 Å². The van der Waals surface area contributed by atoms with Crippen molar-refractivity contribution in [3.05, 3.63) is 65.2 Å². The summed E-state index contributed by atoms with van der Waals surface area (Å²) < 4.78 is 7.96. The molecular weight excluding hydrogens is 374 g/mol. The third kappa shape index (κ3) is 4.14. The zero-order chi connectivity index (χ0) is 20.9. The number of aliphatic imine (C=N–C) groups is 1. The molecule has 6 nitrogen and oxygen atoms in total. The molecule has 1 atom stereocenters. The second-order valence-electron chi connectivity index (χ2n) is 7.42. The number of nitrogens with zero attached hydrogens (tertiary/aromatic N) is 3. The van der Waals surface area contributed by atoms with Crippen molar-refractivity contribution in [3.8, 4) is 22.8 Å². The second-order valence-corrected chi connectivity index (χ2v) is 7.42. The lowest BCUT2D eigenvalue weighted by Gasteiger charge is -2.23. The molecule has 30 heavy (non-hydrogen) atoms. The van der Waals surface area contributed by atoms with Gasteiger partial charge in [-0.25, -0.2) is 4.99 Å². The van der Waals surface area contributed by atoms with Crippen molar-refractivity contribution in [2.75, 3.05) is 13.1 Å². The van der Waals surface area contributed by atoms with Gasteiger partial charge in [-0.05, 0) is 62.7 Å². The van der Waals surface area contributed by atoms with E-state index in [1.165, 1.54) is 6.34 Å². The third-order valence-corrected chi connectivity index (χ3v) is 5.36. The highest BCUT2D eigenvalue weighted by Crippen LogP contribution is 2.24. The van der Waals surface area contributed by atoms with Crippen molar-refractivity contribution in [3.63, 3.8) is 0 Å². The zero-order valence-electron chi connectivity index (χ0n) is 17.2. The van der Waals surface area contributed by atoms with Crippen molar-refractivity contribution in [2.24, 2.45) is 10.7 Å². The molecule has 0 aliphatic carbocycles. The summed E-state index contributed by atoms with van der Waals surface area (Å²) in [5, 5.41) is 10.2. The van der Waals surface area contributed by atoms with Crippen molar-refractivity contribution >= 4 is 18.6 Å². The number of benzene rings is 2. The van der Waals surface area contributed by atoms with E-state index in [1.807, 2.05) is 66.2 Å². The van der Waals surface area contributed by atoms with Crippen LogP contribution in [-0.2, 0) is 0 Å². The molecule has 0 spiro atoms. The molecule has 2 aromatic carbocycles. The number of nitrogens with two attached hydrogens (primary N) is 1. The van der Waals surface area contributed by atoms with Crippen LogP contribution in [0.4, 0.5) is 0 Å². The monoisotopic (exact) mass is 401 g/mol. The van der Waals surface area contributed by atoms with Gasteiger partial charge in [-0.15, -0.1) is 0 Å². The average Bonchev–Trinajstić information content (AvgIpc) is 3.13. The van der Waals surface area contributed by atoms with Gasteiger partial charge >= 0.3 is 0 Å². The molecule has 1 aromatic heterocycles. The Morgan fingerprint density at radius 2 is 1.93 bits per heavy atom. The molecule has 0 unspecified atom stereocenters. The molecule has 0 bridgehead atoms. The smallest absolute Gasteiger partial charge is 0.127 e. The van der Waals surface area contributed by atoms with Gasteiger partial charge in [-0.3, -0.25) is 4.68 Å². The Balaban J connectivity index is 1.74. The van der Waals surface area contributed by atoms with Crippen molar-refractivity contribution in [2.45, 2.75) is 25.8 Å². The maximum atomic E-state index is 5.92. The Labute approximate surface area is 176 Å². The number of hydrogen-bond acceptors (Lipinski definition) is 4. The Morgan fingerprint density at radius 3 is 2.60 bits per heavy atom. The van der Waals surface area contributed by atoms with Gasteiger partial charge in [0.05, 0.1) is 23.4 Å². The van der Waals surface area contributed by atoms with Gasteiger partial charge in [0.1, 0.15) is 17.2 Å². The highest BCUT2D eigenvalue weighted by atomic mass is 16.5. The van der Waals surface area contributed by atoms with Gasteiger partial charge in [-0.2, -0.15) is 5.10 Å². The van der Waals surface area contributed by atoms with Gasteiger partial charge in [0.2, 0.25) is 0 Å². The predicted octanol–water partition coefficient (Wildman–Crippen LogP) is 2.79. The summed E-state index contributed by atoms with van der Waals surface area (Å²) >= 11 is 0. The Morgan fingerprint density at radius 1 is 1.20 bits per heavy atom. The first-order valence-corrected chi connectivity index (χ1v) is 10.2. The highest BCUT2D eigenvalue weighted by molar-refractivity contribution is 5.67. The normalized spacial score (nSPS) is 17.8. The van der Waals surface area contributed by atoms with E-state index < -0.39 is 0 Å². The summed E-state index contributed by atoms with van der Waals surface area (Å²) in [5.41, 5.74) is 8.22. The van der Waals surface area contributed by atoms with Crippen molar-refractivity contribution in [1.82, 2.24) is 15.1 Å². The van der Waals surface area contributed by atoms with Gasteiger partial charge in [0.15, 0.2) is 0 Å². The third-order valence-electron chi connectivity index (χ3n) is 5.36. The molecule has 3 aromatic rings. The van der Waals surface area contributed by atoms with Crippen LogP contribution in [0.15, 0.2) is 59.6 Å². The first kappa shape index (κ1) is 19.9. The lowest BCUT2D eigenvalue weighted by Crippen LogP contribution is -2.39. The fourth-order valence-corrected chi connectivity index (χ4v) is 3.88. The Hall–Kier alpha value is -3.38. The Kier molecular flexibility index (Phi) is 5.95. The molecule has 154 valence electrons. The molecule has 0 saturated carbocycles. The number of aromatic nitrogens is 2. The van der Waals surface area contributed by atoms with E-state index in [0.717, 1.165) is 65.0 Å². The number of piperidine rings is 1. The van der Waals surface area contributed by atoms with Crippen LogP contribution in [0.5, 0.6) is 11.5 Å². The lowest BCUT2D eigenvalue weighted by molar-refractivity contribution is 0.341. The van der Waals surface area contributed by atoms with Gasteiger partial charge in [0, 0.05) is 17.3 Å². The Bertz CT molecular complexity index is 1130. The van der Waals surface area contributed by atoms with Crippen LogP contribution in [0.2, 0.25) is 0 Å². The number of hydrogen-bond donors (Lipinski definition) is 2. The maximum absolute atomic E-state index is 5.92. The highest BCUT2D eigenvalue weighted by Gasteiger charge is 2.19. The van der Waals surface area contributed by atoms with E-state index in [0.29, 0.717) is 0 Å². The molecule has 3 N–H and O–H groups in total. The summed E-state index contributed by atoms with van der Waals surface area (Å²) in [6.07, 6.45) is 3.53. The van der Waals surface area contributed by atoms with E-state index >= 15 is 0 Å². The van der Waals surface area contributed by atoms with Gasteiger partial charge in [0.25, 0.3) is 0 Å². The first-order chi connectivity index (χ1) is 14.7. The van der Waals surface area contributed by atoms with Crippen LogP contribution in [-0.4, -0.2) is 29.2 Å². The number of ether oxygens (including phenoxy) is 1. The molecule has 1 fully saturated rings.